The molecular weight excluding hydrogens is 304 g/mol. The number of hydrogen-bond acceptors (Lipinski definition) is 4. The summed E-state index contributed by atoms with van der Waals surface area (Å²) in [5, 5.41) is 0. The number of nitrogens with zero attached hydrogens (tertiary/aromatic N) is 2. The fraction of sp³-hybridized carbons (Fsp3) is 0.632. The van der Waals surface area contributed by atoms with Crippen LogP contribution in [0.1, 0.15) is 44.9 Å². The molecule has 0 N–H and O–H groups in total. The normalized spacial score (nSPS) is 19.6. The van der Waals surface area contributed by atoms with Crippen molar-refractivity contribution in [3.05, 3.63) is 29.3 Å². The molecule has 5 nitrogen and oxygen atoms in total. The summed E-state index contributed by atoms with van der Waals surface area (Å²) in [5.41, 5.74) is 2.15. The van der Waals surface area contributed by atoms with Crippen LogP contribution in [0.25, 0.3) is 0 Å². The van der Waals surface area contributed by atoms with Crippen LogP contribution in [0.3, 0.4) is 0 Å². The third-order valence-electron chi connectivity index (χ3n) is 4.72. The van der Waals surface area contributed by atoms with Crippen molar-refractivity contribution in [1.82, 2.24) is 9.80 Å². The van der Waals surface area contributed by atoms with E-state index in [0.717, 1.165) is 31.9 Å². The van der Waals surface area contributed by atoms with Crippen LogP contribution in [0.4, 0.5) is 4.79 Å². The molecule has 1 amide bonds. The lowest BCUT2D eigenvalue weighted by Crippen LogP contribution is -2.50. The van der Waals surface area contributed by atoms with E-state index in [1.165, 1.54) is 11.1 Å². The molecule has 3 rings (SSSR count). The molecule has 2 heterocycles. The van der Waals surface area contributed by atoms with Gasteiger partial charge < -0.3 is 14.4 Å². The average Bonchev–Trinajstić information content (AvgIpc) is 3.00. The van der Waals surface area contributed by atoms with Crippen molar-refractivity contribution in [3.8, 4) is 5.75 Å². The van der Waals surface area contributed by atoms with Gasteiger partial charge >= 0.3 is 6.09 Å². The Morgan fingerprint density at radius 1 is 1.21 bits per heavy atom. The zero-order chi connectivity index (χ0) is 17.3. The van der Waals surface area contributed by atoms with E-state index in [9.17, 15) is 4.79 Å². The van der Waals surface area contributed by atoms with Gasteiger partial charge in [0.15, 0.2) is 0 Å². The highest BCUT2D eigenvalue weighted by atomic mass is 16.6. The molecule has 1 saturated heterocycles. The van der Waals surface area contributed by atoms with Crippen molar-refractivity contribution in [2.24, 2.45) is 0 Å². The van der Waals surface area contributed by atoms with Gasteiger partial charge in [0.05, 0.1) is 6.61 Å². The predicted octanol–water partition coefficient (Wildman–Crippen LogP) is 3.24. The van der Waals surface area contributed by atoms with E-state index in [1.807, 2.05) is 20.8 Å². The topological polar surface area (TPSA) is 42.0 Å². The molecule has 1 unspecified atom stereocenters. The maximum Gasteiger partial charge on any atom is 0.410 e. The van der Waals surface area contributed by atoms with Gasteiger partial charge in [0.25, 0.3) is 0 Å². The van der Waals surface area contributed by atoms with E-state index in [1.54, 1.807) is 4.90 Å². The molecule has 0 aliphatic carbocycles. The van der Waals surface area contributed by atoms with Gasteiger partial charge in [-0.1, -0.05) is 12.1 Å². The van der Waals surface area contributed by atoms with Crippen LogP contribution in [-0.2, 0) is 11.2 Å². The van der Waals surface area contributed by atoms with Gasteiger partial charge in [-0.25, -0.2) is 4.79 Å². The SMILES string of the molecule is CC(c1ccc2c(c1)OCC2)N1CCN(C(=O)OC(C)(C)C)CC1. The van der Waals surface area contributed by atoms with Crippen LogP contribution in [0.15, 0.2) is 18.2 Å². The monoisotopic (exact) mass is 332 g/mol. The summed E-state index contributed by atoms with van der Waals surface area (Å²) >= 11 is 0. The number of carbonyl (C=O) groups is 1. The van der Waals surface area contributed by atoms with E-state index in [-0.39, 0.29) is 6.09 Å². The van der Waals surface area contributed by atoms with Gasteiger partial charge in [0.2, 0.25) is 0 Å². The summed E-state index contributed by atoms with van der Waals surface area (Å²) in [4.78, 5) is 16.4. The minimum Gasteiger partial charge on any atom is -0.493 e. The third-order valence-corrected chi connectivity index (χ3v) is 4.72. The number of rotatable bonds is 2. The molecule has 1 fully saturated rings. The maximum atomic E-state index is 12.2. The molecule has 1 aromatic rings. The molecule has 5 heteroatoms. The van der Waals surface area contributed by atoms with E-state index in [2.05, 4.69) is 30.0 Å². The summed E-state index contributed by atoms with van der Waals surface area (Å²) in [7, 11) is 0. The van der Waals surface area contributed by atoms with Crippen LogP contribution in [-0.4, -0.2) is 54.3 Å². The average molecular weight is 332 g/mol. The zero-order valence-corrected chi connectivity index (χ0v) is 15.2. The Hall–Kier alpha value is -1.75. The Labute approximate surface area is 144 Å². The Balaban J connectivity index is 1.57. The van der Waals surface area contributed by atoms with E-state index in [0.29, 0.717) is 19.1 Å². The molecule has 24 heavy (non-hydrogen) atoms. The van der Waals surface area contributed by atoms with Gasteiger partial charge in [-0.15, -0.1) is 0 Å². The fourth-order valence-electron chi connectivity index (χ4n) is 3.27. The van der Waals surface area contributed by atoms with Crippen LogP contribution in [0.5, 0.6) is 5.75 Å². The van der Waals surface area contributed by atoms with Crippen LogP contribution in [0.2, 0.25) is 0 Å². The molecule has 0 radical (unpaired) electrons. The first-order valence-corrected chi connectivity index (χ1v) is 8.81. The molecule has 2 aliphatic rings. The number of amides is 1. The summed E-state index contributed by atoms with van der Waals surface area (Å²) in [6, 6.07) is 6.89. The Morgan fingerprint density at radius 2 is 1.92 bits per heavy atom. The number of ether oxygens (including phenoxy) is 2. The van der Waals surface area contributed by atoms with E-state index >= 15 is 0 Å². The van der Waals surface area contributed by atoms with E-state index < -0.39 is 5.60 Å². The second-order valence-corrected chi connectivity index (χ2v) is 7.64. The van der Waals surface area contributed by atoms with Gasteiger partial charge in [-0.2, -0.15) is 0 Å². The lowest BCUT2D eigenvalue weighted by Gasteiger charge is -2.38. The summed E-state index contributed by atoms with van der Waals surface area (Å²) in [6.07, 6.45) is 0.805. The summed E-state index contributed by atoms with van der Waals surface area (Å²) < 4.78 is 11.1. The molecule has 132 valence electrons. The smallest absolute Gasteiger partial charge is 0.410 e. The third kappa shape index (κ3) is 3.83. The number of carbonyl (C=O) groups excluding carboxylic acids is 1. The molecule has 1 atom stereocenters. The standard InChI is InChI=1S/C19H28N2O3/c1-14(16-6-5-15-7-12-23-17(15)13-16)20-8-10-21(11-9-20)18(22)24-19(2,3)4/h5-6,13-14H,7-12H2,1-4H3. The minimum absolute atomic E-state index is 0.208. The Bertz CT molecular complexity index is 601. The molecular formula is C19H28N2O3. The van der Waals surface area contributed by atoms with Crippen molar-refractivity contribution < 1.29 is 14.3 Å². The van der Waals surface area contributed by atoms with Gasteiger partial charge in [-0.3, -0.25) is 4.90 Å². The highest BCUT2D eigenvalue weighted by Gasteiger charge is 2.28. The Morgan fingerprint density at radius 3 is 2.58 bits per heavy atom. The highest BCUT2D eigenvalue weighted by molar-refractivity contribution is 5.68. The van der Waals surface area contributed by atoms with Crippen molar-refractivity contribution in [3.63, 3.8) is 0 Å². The van der Waals surface area contributed by atoms with Crippen LogP contribution in [0, 0.1) is 0 Å². The molecule has 0 bridgehead atoms. The van der Waals surface area contributed by atoms with Crippen molar-refractivity contribution >= 4 is 6.09 Å². The second kappa shape index (κ2) is 6.63. The number of fused-ring (bicyclic) bond motifs is 1. The van der Waals surface area contributed by atoms with Crippen molar-refractivity contribution in [2.75, 3.05) is 32.8 Å². The lowest BCUT2D eigenvalue weighted by molar-refractivity contribution is 0.0110. The maximum absolute atomic E-state index is 12.2. The fourth-order valence-corrected chi connectivity index (χ4v) is 3.27. The molecule has 0 aromatic heterocycles. The second-order valence-electron chi connectivity index (χ2n) is 7.64. The predicted molar refractivity (Wildman–Crippen MR) is 93.4 cm³/mol. The zero-order valence-electron chi connectivity index (χ0n) is 15.2. The summed E-state index contributed by atoms with van der Waals surface area (Å²) in [6.45, 7) is 11.9. The number of benzene rings is 1. The van der Waals surface area contributed by atoms with Gasteiger partial charge in [0, 0.05) is 38.6 Å². The molecule has 0 spiro atoms. The minimum atomic E-state index is -0.439. The molecule has 1 aromatic carbocycles. The first-order chi connectivity index (χ1) is 11.3. The largest absolute Gasteiger partial charge is 0.493 e. The van der Waals surface area contributed by atoms with Crippen molar-refractivity contribution in [2.45, 2.75) is 45.8 Å². The lowest BCUT2D eigenvalue weighted by atomic mass is 10.0. The summed E-state index contributed by atoms with van der Waals surface area (Å²) in [5.74, 6) is 1.03. The van der Waals surface area contributed by atoms with E-state index in [4.69, 9.17) is 9.47 Å². The van der Waals surface area contributed by atoms with Crippen LogP contribution >= 0.6 is 0 Å². The molecule has 0 saturated carbocycles. The highest BCUT2D eigenvalue weighted by Crippen LogP contribution is 2.31. The van der Waals surface area contributed by atoms with Gasteiger partial charge in [0.1, 0.15) is 11.4 Å². The van der Waals surface area contributed by atoms with Gasteiger partial charge in [-0.05, 0) is 44.9 Å². The number of hydrogen-bond donors (Lipinski definition) is 0. The first kappa shape index (κ1) is 17.1. The quantitative estimate of drug-likeness (QED) is 0.834. The molecule has 2 aliphatic heterocycles. The van der Waals surface area contributed by atoms with Crippen molar-refractivity contribution in [1.29, 1.82) is 0 Å². The first-order valence-electron chi connectivity index (χ1n) is 8.81. The Kier molecular flexibility index (Phi) is 4.72. The number of piperazine rings is 1. The van der Waals surface area contributed by atoms with Crippen LogP contribution < -0.4 is 4.74 Å².